The number of carboxylic acids is 1. The Balaban J connectivity index is 1.45. The number of rotatable bonds is 6. The zero-order chi connectivity index (χ0) is 29.2. The predicted molar refractivity (Wildman–Crippen MR) is 143 cm³/mol. The van der Waals surface area contributed by atoms with Crippen LogP contribution >= 0.6 is 0 Å². The van der Waals surface area contributed by atoms with Crippen molar-refractivity contribution in [3.63, 3.8) is 0 Å². The normalized spacial score (nSPS) is 30.7. The van der Waals surface area contributed by atoms with Crippen molar-refractivity contribution in [1.82, 2.24) is 4.90 Å². The highest BCUT2D eigenvalue weighted by Crippen LogP contribution is 2.63. The summed E-state index contributed by atoms with van der Waals surface area (Å²) in [5, 5.41) is 18.9. The van der Waals surface area contributed by atoms with E-state index in [0.29, 0.717) is 16.8 Å². The van der Waals surface area contributed by atoms with E-state index < -0.39 is 70.3 Å². The van der Waals surface area contributed by atoms with E-state index in [1.165, 1.54) is 23.1 Å². The first-order chi connectivity index (χ1) is 19.6. The van der Waals surface area contributed by atoms with Crippen LogP contribution in [0.25, 0.3) is 0 Å². The molecule has 2 aliphatic heterocycles. The molecule has 2 saturated heterocycles. The number of aliphatic carboxylic acids is 1. The number of benzene rings is 2. The van der Waals surface area contributed by atoms with E-state index >= 15 is 0 Å². The van der Waals surface area contributed by atoms with Gasteiger partial charge in [0.05, 0.1) is 28.9 Å². The summed E-state index contributed by atoms with van der Waals surface area (Å²) >= 11 is 0. The second kappa shape index (κ2) is 9.64. The summed E-state index contributed by atoms with van der Waals surface area (Å²) in [6.45, 7) is 1.70. The van der Waals surface area contributed by atoms with Crippen molar-refractivity contribution >= 4 is 35.3 Å². The summed E-state index contributed by atoms with van der Waals surface area (Å²) in [7, 11) is 0. The van der Waals surface area contributed by atoms with Crippen LogP contribution in [0, 0.1) is 34.9 Å². The summed E-state index contributed by atoms with van der Waals surface area (Å²) in [5.41, 5.74) is 0.214. The fraction of sp³-hybridized carbons (Fsp3) is 0.387. The van der Waals surface area contributed by atoms with Gasteiger partial charge < -0.3 is 10.2 Å². The lowest BCUT2D eigenvalue weighted by atomic mass is 9.51. The van der Waals surface area contributed by atoms with Crippen molar-refractivity contribution in [2.75, 3.05) is 11.4 Å². The zero-order valence-corrected chi connectivity index (χ0v) is 22.3. The molecule has 0 spiro atoms. The van der Waals surface area contributed by atoms with E-state index in [9.17, 15) is 33.5 Å². The van der Waals surface area contributed by atoms with Crippen LogP contribution in [0.3, 0.4) is 0 Å². The molecule has 2 heterocycles. The Morgan fingerprint density at radius 1 is 1.02 bits per heavy atom. The van der Waals surface area contributed by atoms with Crippen molar-refractivity contribution in [2.24, 2.45) is 29.1 Å². The van der Waals surface area contributed by atoms with Gasteiger partial charge in [-0.15, -0.1) is 0 Å². The molecule has 4 amide bonds. The van der Waals surface area contributed by atoms with Gasteiger partial charge in [0.2, 0.25) is 23.6 Å². The number of likely N-dealkylation sites (tertiary alicyclic amines) is 1. The predicted octanol–water partition coefficient (Wildman–Crippen LogP) is 3.63. The Kier molecular flexibility index (Phi) is 6.32. The van der Waals surface area contributed by atoms with Crippen LogP contribution in [0.15, 0.2) is 60.2 Å². The first kappa shape index (κ1) is 26.9. The molecule has 4 aliphatic rings. The monoisotopic (exact) mass is 560 g/mol. The van der Waals surface area contributed by atoms with Gasteiger partial charge in [-0.3, -0.25) is 28.9 Å². The van der Waals surface area contributed by atoms with Crippen molar-refractivity contribution in [3.05, 3.63) is 71.6 Å². The maximum Gasteiger partial charge on any atom is 0.303 e. The third-order valence-corrected chi connectivity index (χ3v) is 9.46. The highest BCUT2D eigenvalue weighted by atomic mass is 19.1. The van der Waals surface area contributed by atoms with Crippen LogP contribution < -0.4 is 4.90 Å². The number of anilines is 1. The second-order valence-electron chi connectivity index (χ2n) is 11.5. The van der Waals surface area contributed by atoms with Crippen LogP contribution in [-0.4, -0.2) is 51.3 Å². The highest BCUT2D eigenvalue weighted by molar-refractivity contribution is 6.24. The molecular formula is C31H29FN2O7. The Labute approximate surface area is 235 Å². The minimum atomic E-state index is -1.31. The molecule has 9 nitrogen and oxygen atoms in total. The van der Waals surface area contributed by atoms with E-state index in [1.54, 1.807) is 37.3 Å². The third-order valence-electron chi connectivity index (χ3n) is 9.46. The maximum atomic E-state index is 14.7. The number of amides is 4. The Hall–Kier alpha value is -4.34. The summed E-state index contributed by atoms with van der Waals surface area (Å²) in [6.07, 6.45) is 2.21. The molecule has 0 bridgehead atoms. The minimum Gasteiger partial charge on any atom is -0.505 e. The first-order valence-corrected chi connectivity index (χ1v) is 13.7. The van der Waals surface area contributed by atoms with E-state index in [1.807, 2.05) is 6.08 Å². The van der Waals surface area contributed by atoms with E-state index in [0.717, 1.165) is 4.90 Å². The lowest BCUT2D eigenvalue weighted by molar-refractivity contribution is -0.142. The molecule has 6 atom stereocenters. The van der Waals surface area contributed by atoms with Gasteiger partial charge in [0.1, 0.15) is 0 Å². The van der Waals surface area contributed by atoms with Gasteiger partial charge in [-0.05, 0) is 61.9 Å². The molecule has 2 aromatic carbocycles. The van der Waals surface area contributed by atoms with E-state index in [4.69, 9.17) is 5.11 Å². The molecule has 3 fully saturated rings. The average Bonchev–Trinajstić information content (AvgIpc) is 3.30. The average molecular weight is 561 g/mol. The van der Waals surface area contributed by atoms with E-state index in [2.05, 4.69) is 0 Å². The standard InChI is InChI=1S/C31H29FN2O7/c1-31-21(28(39)34(30(31)41)17-6-3-2-4-7-17)15-20-18(26(31)16-9-12-23(35)22(32)14-16)10-11-19-25(20)29(40)33(27(19)38)13-5-8-24(36)37/h2-4,6-7,9-10,12,14,19-21,25-26,35H,5,8,11,13,15H2,1H3,(H,36,37)/t19-,20+,21-,25-,26-,31+/m0/s1. The molecule has 10 heteroatoms. The number of para-hydroxylation sites is 1. The number of fused-ring (bicyclic) bond motifs is 4. The zero-order valence-electron chi connectivity index (χ0n) is 22.3. The van der Waals surface area contributed by atoms with Crippen LogP contribution in [0.4, 0.5) is 10.1 Å². The molecule has 2 aromatic rings. The van der Waals surface area contributed by atoms with E-state index in [-0.39, 0.29) is 38.1 Å². The van der Waals surface area contributed by atoms with Gasteiger partial charge in [0.25, 0.3) is 0 Å². The molecule has 0 unspecified atom stereocenters. The highest BCUT2D eigenvalue weighted by Gasteiger charge is 2.67. The first-order valence-electron chi connectivity index (χ1n) is 13.7. The molecule has 0 aromatic heterocycles. The van der Waals surface area contributed by atoms with Crippen molar-refractivity contribution < 1.29 is 38.6 Å². The van der Waals surface area contributed by atoms with Crippen LogP contribution in [-0.2, 0) is 24.0 Å². The topological polar surface area (TPSA) is 132 Å². The molecule has 6 rings (SSSR count). The SMILES string of the molecule is C[C@@]12C(=O)N(c3ccccc3)C(=O)[C@@H]1C[C@@H]1C(=CC[C@@H]3C(=O)N(CCCC(=O)O)C(=O)[C@@H]31)[C@@H]2c1ccc(O)c(F)c1. The number of carbonyl (C=O) groups is 5. The number of hydrogen-bond donors (Lipinski definition) is 2. The number of carbonyl (C=O) groups excluding carboxylic acids is 4. The van der Waals surface area contributed by atoms with Crippen molar-refractivity contribution in [2.45, 2.75) is 38.5 Å². The number of carboxylic acid groups (broad SMARTS) is 1. The van der Waals surface area contributed by atoms with Gasteiger partial charge >= 0.3 is 5.97 Å². The molecular weight excluding hydrogens is 531 g/mol. The number of imide groups is 2. The fourth-order valence-corrected chi connectivity index (χ4v) is 7.60. The van der Waals surface area contributed by atoms with Gasteiger partial charge in [-0.1, -0.05) is 35.9 Å². The minimum absolute atomic E-state index is 0.00797. The molecule has 0 radical (unpaired) electrons. The lowest BCUT2D eigenvalue weighted by Gasteiger charge is -2.49. The summed E-state index contributed by atoms with van der Waals surface area (Å²) < 4.78 is 14.7. The number of allylic oxidation sites excluding steroid dienone is 2. The largest absolute Gasteiger partial charge is 0.505 e. The Morgan fingerprint density at radius 2 is 1.76 bits per heavy atom. The van der Waals surface area contributed by atoms with Crippen LogP contribution in [0.1, 0.15) is 44.1 Å². The molecule has 212 valence electrons. The number of phenolic OH excluding ortho intramolecular Hbond substituents is 1. The van der Waals surface area contributed by atoms with Gasteiger partial charge in [-0.2, -0.15) is 0 Å². The second-order valence-corrected chi connectivity index (χ2v) is 11.5. The number of aromatic hydroxyl groups is 1. The molecule has 2 N–H and O–H groups in total. The lowest BCUT2D eigenvalue weighted by Crippen LogP contribution is -2.48. The number of nitrogens with zero attached hydrogens (tertiary/aromatic N) is 2. The molecule has 41 heavy (non-hydrogen) atoms. The number of hydrogen-bond acceptors (Lipinski definition) is 6. The number of halogens is 1. The smallest absolute Gasteiger partial charge is 0.303 e. The summed E-state index contributed by atoms with van der Waals surface area (Å²) in [5.74, 6) is -7.64. The Morgan fingerprint density at radius 3 is 2.44 bits per heavy atom. The van der Waals surface area contributed by atoms with Crippen LogP contribution in [0.5, 0.6) is 5.75 Å². The molecule has 1 saturated carbocycles. The number of phenols is 1. The Bertz CT molecular complexity index is 1520. The van der Waals surface area contributed by atoms with Gasteiger partial charge in [0, 0.05) is 18.9 Å². The summed E-state index contributed by atoms with van der Waals surface area (Å²) in [4.78, 5) is 68.5. The van der Waals surface area contributed by atoms with Crippen molar-refractivity contribution in [1.29, 1.82) is 0 Å². The third kappa shape index (κ3) is 3.91. The molecule has 2 aliphatic carbocycles. The quantitative estimate of drug-likeness (QED) is 0.407. The fourth-order valence-electron chi connectivity index (χ4n) is 7.60. The van der Waals surface area contributed by atoms with Crippen molar-refractivity contribution in [3.8, 4) is 5.75 Å². The van der Waals surface area contributed by atoms with Crippen LogP contribution in [0.2, 0.25) is 0 Å². The van der Waals surface area contributed by atoms with Gasteiger partial charge in [0.15, 0.2) is 11.6 Å². The summed E-state index contributed by atoms with van der Waals surface area (Å²) in [6, 6.07) is 12.5. The maximum absolute atomic E-state index is 14.7. The van der Waals surface area contributed by atoms with Gasteiger partial charge in [-0.25, -0.2) is 9.29 Å².